The maximum atomic E-state index is 12.6. The van der Waals surface area contributed by atoms with Crippen LogP contribution in [-0.4, -0.2) is 68.3 Å². The number of ether oxygens (including phenoxy) is 1. The first kappa shape index (κ1) is 18.4. The average Bonchev–Trinajstić information content (AvgIpc) is 2.95. The van der Waals surface area contributed by atoms with Crippen LogP contribution in [0.4, 0.5) is 17.5 Å². The summed E-state index contributed by atoms with van der Waals surface area (Å²) in [7, 11) is 1.51. The third kappa shape index (κ3) is 3.73. The third-order valence-corrected chi connectivity index (χ3v) is 5.32. The van der Waals surface area contributed by atoms with Crippen molar-refractivity contribution in [2.24, 2.45) is 7.05 Å². The van der Waals surface area contributed by atoms with Gasteiger partial charge in [-0.15, -0.1) is 0 Å². The minimum atomic E-state index is -3.83. The summed E-state index contributed by atoms with van der Waals surface area (Å²) in [4.78, 5) is 16.7. The van der Waals surface area contributed by atoms with E-state index in [-0.39, 0.29) is 5.03 Å². The van der Waals surface area contributed by atoms with Crippen LogP contribution in [0.5, 0.6) is 0 Å². The van der Waals surface area contributed by atoms with Crippen molar-refractivity contribution in [3.8, 4) is 0 Å². The topological polar surface area (TPSA) is 105 Å². The first-order chi connectivity index (χ1) is 12.3. The fourth-order valence-electron chi connectivity index (χ4n) is 2.55. The number of hydrogen-bond acceptors (Lipinski definition) is 8. The highest BCUT2D eigenvalue weighted by molar-refractivity contribution is 7.92. The van der Waals surface area contributed by atoms with Crippen molar-refractivity contribution in [2.45, 2.75) is 11.9 Å². The van der Waals surface area contributed by atoms with Gasteiger partial charge in [0.2, 0.25) is 5.95 Å². The minimum Gasteiger partial charge on any atom is -0.378 e. The number of rotatable bonds is 5. The number of sulfonamides is 1. The average molecular weight is 381 g/mol. The van der Waals surface area contributed by atoms with E-state index in [2.05, 4.69) is 19.7 Å². The van der Waals surface area contributed by atoms with E-state index in [4.69, 9.17) is 4.74 Å². The standard InChI is InChI=1S/C15H23N7O3S/c1-11-17-13(10-21(11)4)26(23,24)19-12-9-16-15(18-14(12)20(2)3)22-5-7-25-8-6-22/h9-10,19H,5-8H2,1-4H3. The number of morpholine rings is 1. The van der Waals surface area contributed by atoms with Gasteiger partial charge >= 0.3 is 0 Å². The summed E-state index contributed by atoms with van der Waals surface area (Å²) in [6.45, 7) is 4.38. The Balaban J connectivity index is 1.91. The Morgan fingerprint density at radius 1 is 1.23 bits per heavy atom. The number of nitrogens with one attached hydrogen (secondary N) is 1. The van der Waals surface area contributed by atoms with Gasteiger partial charge in [-0.05, 0) is 6.92 Å². The summed E-state index contributed by atoms with van der Waals surface area (Å²) in [5.74, 6) is 1.64. The first-order valence-corrected chi connectivity index (χ1v) is 9.66. The van der Waals surface area contributed by atoms with Gasteiger partial charge in [0.25, 0.3) is 10.0 Å². The smallest absolute Gasteiger partial charge is 0.281 e. The maximum absolute atomic E-state index is 12.6. The Morgan fingerprint density at radius 3 is 2.50 bits per heavy atom. The molecule has 3 heterocycles. The zero-order valence-corrected chi connectivity index (χ0v) is 16.1. The second-order valence-corrected chi connectivity index (χ2v) is 7.87. The predicted molar refractivity (Wildman–Crippen MR) is 98.1 cm³/mol. The molecule has 1 aliphatic rings. The van der Waals surface area contributed by atoms with Gasteiger partial charge in [0.05, 0.1) is 19.4 Å². The lowest BCUT2D eigenvalue weighted by atomic mass is 10.4. The van der Waals surface area contributed by atoms with E-state index in [0.29, 0.717) is 49.6 Å². The summed E-state index contributed by atoms with van der Waals surface area (Å²) >= 11 is 0. The zero-order valence-electron chi connectivity index (χ0n) is 15.3. The lowest BCUT2D eigenvalue weighted by molar-refractivity contribution is 0.122. The molecule has 0 atom stereocenters. The molecule has 10 nitrogen and oxygen atoms in total. The van der Waals surface area contributed by atoms with Crippen molar-refractivity contribution < 1.29 is 13.2 Å². The second-order valence-electron chi connectivity index (χ2n) is 6.24. The molecule has 11 heteroatoms. The van der Waals surface area contributed by atoms with Gasteiger partial charge in [0.1, 0.15) is 11.5 Å². The van der Waals surface area contributed by atoms with Crippen molar-refractivity contribution in [3.63, 3.8) is 0 Å². The lowest BCUT2D eigenvalue weighted by Crippen LogP contribution is -2.37. The molecule has 1 fully saturated rings. The van der Waals surface area contributed by atoms with Crippen LogP contribution in [0.2, 0.25) is 0 Å². The Hall–Kier alpha value is -2.40. The number of hydrogen-bond donors (Lipinski definition) is 1. The SMILES string of the molecule is Cc1nc(S(=O)(=O)Nc2cnc(N3CCOCC3)nc2N(C)C)cn1C. The van der Waals surface area contributed by atoms with Gasteiger partial charge in [-0.25, -0.2) is 9.97 Å². The van der Waals surface area contributed by atoms with E-state index < -0.39 is 10.0 Å². The number of imidazole rings is 1. The molecule has 0 amide bonds. The second kappa shape index (κ2) is 7.08. The molecule has 1 saturated heterocycles. The quantitative estimate of drug-likeness (QED) is 0.784. The van der Waals surface area contributed by atoms with Crippen molar-refractivity contribution >= 4 is 27.5 Å². The minimum absolute atomic E-state index is 0.0422. The molecule has 3 rings (SSSR count). The fraction of sp³-hybridized carbons (Fsp3) is 0.533. The zero-order chi connectivity index (χ0) is 18.9. The summed E-state index contributed by atoms with van der Waals surface area (Å²) in [5.41, 5.74) is 0.301. The molecule has 0 bridgehead atoms. The highest BCUT2D eigenvalue weighted by atomic mass is 32.2. The van der Waals surface area contributed by atoms with Gasteiger partial charge in [0, 0.05) is 40.4 Å². The molecule has 0 unspecified atom stereocenters. The molecule has 26 heavy (non-hydrogen) atoms. The van der Waals surface area contributed by atoms with Crippen LogP contribution in [0.3, 0.4) is 0 Å². The summed E-state index contributed by atoms with van der Waals surface area (Å²) in [6, 6.07) is 0. The summed E-state index contributed by atoms with van der Waals surface area (Å²) in [6.07, 6.45) is 2.95. The van der Waals surface area contributed by atoms with Crippen molar-refractivity contribution in [1.82, 2.24) is 19.5 Å². The molecule has 142 valence electrons. The third-order valence-electron chi connectivity index (χ3n) is 4.08. The van der Waals surface area contributed by atoms with Gasteiger partial charge in [-0.3, -0.25) is 4.72 Å². The number of anilines is 3. The van der Waals surface area contributed by atoms with Crippen molar-refractivity contribution in [3.05, 3.63) is 18.2 Å². The fourth-order valence-corrected chi connectivity index (χ4v) is 3.63. The van der Waals surface area contributed by atoms with E-state index in [1.54, 1.807) is 37.5 Å². The Bertz CT molecular complexity index is 869. The van der Waals surface area contributed by atoms with Gasteiger partial charge in [-0.2, -0.15) is 13.4 Å². The highest BCUT2D eigenvalue weighted by Gasteiger charge is 2.23. The number of aryl methyl sites for hydroxylation is 2. The van der Waals surface area contributed by atoms with E-state index in [1.807, 2.05) is 4.90 Å². The van der Waals surface area contributed by atoms with Gasteiger partial charge in [-0.1, -0.05) is 0 Å². The van der Waals surface area contributed by atoms with Gasteiger partial charge in [0.15, 0.2) is 10.8 Å². The number of nitrogens with zero attached hydrogens (tertiary/aromatic N) is 6. The molecule has 1 N–H and O–H groups in total. The highest BCUT2D eigenvalue weighted by Crippen LogP contribution is 2.26. The molecule has 0 radical (unpaired) electrons. The first-order valence-electron chi connectivity index (χ1n) is 8.18. The normalized spacial score (nSPS) is 15.2. The van der Waals surface area contributed by atoms with Crippen molar-refractivity contribution in [1.29, 1.82) is 0 Å². The predicted octanol–water partition coefficient (Wildman–Crippen LogP) is 0.222. The van der Waals surface area contributed by atoms with E-state index >= 15 is 0 Å². The molecule has 1 aliphatic heterocycles. The van der Waals surface area contributed by atoms with Crippen LogP contribution in [0, 0.1) is 6.92 Å². The largest absolute Gasteiger partial charge is 0.378 e. The van der Waals surface area contributed by atoms with Crippen LogP contribution in [0.25, 0.3) is 0 Å². The molecule has 0 aliphatic carbocycles. The maximum Gasteiger partial charge on any atom is 0.281 e. The molecule has 2 aromatic rings. The molecule has 0 aromatic carbocycles. The van der Waals surface area contributed by atoms with Crippen LogP contribution >= 0.6 is 0 Å². The molecule has 0 spiro atoms. The van der Waals surface area contributed by atoms with Crippen LogP contribution < -0.4 is 14.5 Å². The lowest BCUT2D eigenvalue weighted by Gasteiger charge is -2.28. The molecular formula is C15H23N7O3S. The molecule has 0 saturated carbocycles. The summed E-state index contributed by atoms with van der Waals surface area (Å²) in [5, 5.41) is -0.0422. The Labute approximate surface area is 152 Å². The van der Waals surface area contributed by atoms with Crippen LogP contribution in [0.1, 0.15) is 5.82 Å². The molecular weight excluding hydrogens is 358 g/mol. The monoisotopic (exact) mass is 381 g/mol. The number of aromatic nitrogens is 4. The van der Waals surface area contributed by atoms with Crippen molar-refractivity contribution in [2.75, 3.05) is 54.9 Å². The van der Waals surface area contributed by atoms with E-state index in [1.165, 1.54) is 12.4 Å². The summed E-state index contributed by atoms with van der Waals surface area (Å²) < 4.78 is 34.8. The van der Waals surface area contributed by atoms with E-state index in [0.717, 1.165) is 0 Å². The van der Waals surface area contributed by atoms with Crippen LogP contribution in [0.15, 0.2) is 17.4 Å². The Kier molecular flexibility index (Phi) is 5.01. The van der Waals surface area contributed by atoms with E-state index in [9.17, 15) is 8.42 Å². The van der Waals surface area contributed by atoms with Crippen LogP contribution in [-0.2, 0) is 21.8 Å². The molecule has 2 aromatic heterocycles. The Morgan fingerprint density at radius 2 is 1.92 bits per heavy atom. The van der Waals surface area contributed by atoms with Gasteiger partial charge < -0.3 is 19.1 Å².